The molecule has 1 aliphatic carbocycles. The van der Waals surface area contributed by atoms with Crippen molar-refractivity contribution in [2.45, 2.75) is 50.8 Å². The summed E-state index contributed by atoms with van der Waals surface area (Å²) in [7, 11) is -2.57. The van der Waals surface area contributed by atoms with Crippen LogP contribution in [0.3, 0.4) is 0 Å². The van der Waals surface area contributed by atoms with E-state index in [4.69, 9.17) is 10.00 Å². The van der Waals surface area contributed by atoms with E-state index >= 15 is 0 Å². The van der Waals surface area contributed by atoms with Crippen molar-refractivity contribution in [3.8, 4) is 22.3 Å². The van der Waals surface area contributed by atoms with Crippen LogP contribution in [0.15, 0.2) is 41.3 Å². The Morgan fingerprint density at radius 2 is 1.94 bits per heavy atom. The first-order valence-electron chi connectivity index (χ1n) is 11.7. The third-order valence-electron chi connectivity index (χ3n) is 6.29. The van der Waals surface area contributed by atoms with Gasteiger partial charge in [-0.15, -0.1) is 0 Å². The van der Waals surface area contributed by atoms with Crippen molar-refractivity contribution >= 4 is 38.1 Å². The quantitative estimate of drug-likeness (QED) is 0.405. The van der Waals surface area contributed by atoms with E-state index in [0.717, 1.165) is 36.1 Å². The lowest BCUT2D eigenvalue weighted by Crippen LogP contribution is -2.20. The first-order chi connectivity index (χ1) is 17.2. The maximum Gasteiger partial charge on any atom is 0.265 e. The van der Waals surface area contributed by atoms with E-state index in [1.54, 1.807) is 43.3 Å². The summed E-state index contributed by atoms with van der Waals surface area (Å²) in [6.07, 6.45) is 4.19. The van der Waals surface area contributed by atoms with E-state index in [1.807, 2.05) is 6.92 Å². The number of aryl methyl sites for hydroxylation is 2. The van der Waals surface area contributed by atoms with Crippen LogP contribution in [0.25, 0.3) is 10.4 Å². The third kappa shape index (κ3) is 5.53. The number of rotatable bonds is 8. The van der Waals surface area contributed by atoms with Gasteiger partial charge >= 0.3 is 0 Å². The van der Waals surface area contributed by atoms with Crippen LogP contribution in [0, 0.1) is 31.1 Å². The number of thiazole rings is 1. The van der Waals surface area contributed by atoms with Gasteiger partial charge < -0.3 is 10.1 Å². The molecule has 4 rings (SSSR count). The van der Waals surface area contributed by atoms with Crippen molar-refractivity contribution in [3.05, 3.63) is 53.2 Å². The first-order valence-corrected chi connectivity index (χ1v) is 14.0. The average molecular weight is 525 g/mol. The van der Waals surface area contributed by atoms with Gasteiger partial charge in [0.15, 0.2) is 5.13 Å². The number of nitriles is 1. The molecule has 10 heteroatoms. The minimum Gasteiger partial charge on any atom is -0.495 e. The van der Waals surface area contributed by atoms with E-state index in [1.165, 1.54) is 18.4 Å². The Morgan fingerprint density at radius 1 is 1.19 bits per heavy atom. The molecule has 8 nitrogen and oxygen atoms in total. The molecule has 0 spiro atoms. The smallest absolute Gasteiger partial charge is 0.265 e. The van der Waals surface area contributed by atoms with E-state index in [2.05, 4.69) is 21.1 Å². The second-order valence-corrected chi connectivity index (χ2v) is 11.5. The van der Waals surface area contributed by atoms with E-state index in [9.17, 15) is 13.2 Å². The summed E-state index contributed by atoms with van der Waals surface area (Å²) in [4.78, 5) is 17.8. The zero-order valence-corrected chi connectivity index (χ0v) is 22.1. The highest BCUT2D eigenvalue weighted by molar-refractivity contribution is 7.92. The Kier molecular flexibility index (Phi) is 7.62. The number of sulfonamides is 1. The van der Waals surface area contributed by atoms with Gasteiger partial charge in [0, 0.05) is 5.92 Å². The Bertz CT molecular complexity index is 1430. The lowest BCUT2D eigenvalue weighted by Gasteiger charge is -2.15. The molecule has 188 valence electrons. The fourth-order valence-electron chi connectivity index (χ4n) is 4.38. The standard InChI is InChI=1S/C26H28N4O4S2/c1-16-14-18(12-13-27)8-10-21(16)30-36(32,33)23-15-20(9-11-22(23)34-3)24-17(2)28-26(35-24)29-25(31)19-6-4-5-7-19/h8-11,14-15,19,30H,4-7,12H2,1-3H3,(H,28,29,31). The first kappa shape index (κ1) is 25.7. The van der Waals surface area contributed by atoms with Crippen LogP contribution >= 0.6 is 11.3 Å². The molecule has 1 heterocycles. The number of carbonyl (C=O) groups excluding carboxylic acids is 1. The summed E-state index contributed by atoms with van der Waals surface area (Å²) in [5.74, 6) is 0.229. The number of hydrogen-bond donors (Lipinski definition) is 2. The lowest BCUT2D eigenvalue weighted by atomic mass is 10.1. The van der Waals surface area contributed by atoms with E-state index in [-0.39, 0.29) is 28.9 Å². The van der Waals surface area contributed by atoms with Crippen LogP contribution in [0.1, 0.15) is 42.5 Å². The van der Waals surface area contributed by atoms with Crippen LogP contribution < -0.4 is 14.8 Å². The zero-order chi connectivity index (χ0) is 25.9. The highest BCUT2D eigenvalue weighted by atomic mass is 32.2. The largest absolute Gasteiger partial charge is 0.495 e. The number of ether oxygens (including phenoxy) is 1. The lowest BCUT2D eigenvalue weighted by molar-refractivity contribution is -0.119. The van der Waals surface area contributed by atoms with Crippen molar-refractivity contribution in [3.63, 3.8) is 0 Å². The summed E-state index contributed by atoms with van der Waals surface area (Å²) in [5, 5.41) is 12.3. The van der Waals surface area contributed by atoms with Crippen molar-refractivity contribution < 1.29 is 17.9 Å². The van der Waals surface area contributed by atoms with Crippen LogP contribution in [-0.4, -0.2) is 26.4 Å². The third-order valence-corrected chi connectivity index (χ3v) is 8.79. The van der Waals surface area contributed by atoms with Gasteiger partial charge in [0.1, 0.15) is 10.6 Å². The number of amides is 1. The number of anilines is 2. The van der Waals surface area contributed by atoms with Gasteiger partial charge in [-0.25, -0.2) is 13.4 Å². The molecule has 0 aliphatic heterocycles. The topological polar surface area (TPSA) is 121 Å². The molecule has 0 atom stereocenters. The van der Waals surface area contributed by atoms with Crippen LogP contribution in [0.4, 0.5) is 10.8 Å². The second kappa shape index (κ2) is 10.7. The number of methoxy groups -OCH3 is 1. The molecule has 1 saturated carbocycles. The number of benzene rings is 2. The van der Waals surface area contributed by atoms with Crippen molar-refractivity contribution in [1.82, 2.24) is 4.98 Å². The molecule has 36 heavy (non-hydrogen) atoms. The number of aromatic nitrogens is 1. The van der Waals surface area contributed by atoms with Gasteiger partial charge in [-0.05, 0) is 67.6 Å². The molecule has 3 aromatic rings. The normalized spacial score (nSPS) is 13.8. The molecule has 1 aliphatic rings. The number of nitrogens with zero attached hydrogens (tertiary/aromatic N) is 2. The maximum absolute atomic E-state index is 13.4. The monoisotopic (exact) mass is 524 g/mol. The SMILES string of the molecule is COc1ccc(-c2sc(NC(=O)C3CCCC3)nc2C)cc1S(=O)(=O)Nc1ccc(CC#N)cc1C. The van der Waals surface area contributed by atoms with Gasteiger partial charge in [-0.3, -0.25) is 9.52 Å². The molecule has 0 radical (unpaired) electrons. The summed E-state index contributed by atoms with van der Waals surface area (Å²) >= 11 is 1.32. The minimum atomic E-state index is -4.00. The molecule has 1 amide bonds. The van der Waals surface area contributed by atoms with E-state index in [0.29, 0.717) is 27.6 Å². The second-order valence-electron chi connectivity index (χ2n) is 8.86. The Hall–Kier alpha value is -3.42. The predicted octanol–water partition coefficient (Wildman–Crippen LogP) is 5.43. The average Bonchev–Trinajstić information content (AvgIpc) is 3.51. The van der Waals surface area contributed by atoms with Gasteiger partial charge in [0.05, 0.1) is 35.9 Å². The highest BCUT2D eigenvalue weighted by Gasteiger charge is 2.25. The summed E-state index contributed by atoms with van der Waals surface area (Å²) < 4.78 is 34.8. The molecule has 0 bridgehead atoms. The minimum absolute atomic E-state index is 0.00709. The number of nitrogens with one attached hydrogen (secondary N) is 2. The fraction of sp³-hybridized carbons (Fsp3) is 0.346. The number of carbonyl (C=O) groups is 1. The van der Waals surface area contributed by atoms with Crippen LogP contribution in [-0.2, 0) is 21.2 Å². The van der Waals surface area contributed by atoms with Gasteiger partial charge in [0.25, 0.3) is 10.0 Å². The molecule has 0 unspecified atom stereocenters. The zero-order valence-electron chi connectivity index (χ0n) is 20.4. The van der Waals surface area contributed by atoms with Crippen molar-refractivity contribution in [1.29, 1.82) is 5.26 Å². The molecule has 0 saturated heterocycles. The molecule has 1 aromatic heterocycles. The summed E-state index contributed by atoms with van der Waals surface area (Å²) in [6.45, 7) is 3.62. The summed E-state index contributed by atoms with van der Waals surface area (Å²) in [5.41, 5.74) is 3.31. The highest BCUT2D eigenvalue weighted by Crippen LogP contribution is 2.37. The van der Waals surface area contributed by atoms with Crippen LogP contribution in [0.5, 0.6) is 5.75 Å². The molecular weight excluding hydrogens is 496 g/mol. The van der Waals surface area contributed by atoms with E-state index < -0.39 is 10.0 Å². The number of hydrogen-bond acceptors (Lipinski definition) is 7. The van der Waals surface area contributed by atoms with Gasteiger partial charge in [-0.1, -0.05) is 36.3 Å². The molecule has 1 fully saturated rings. The Morgan fingerprint density at radius 3 is 2.61 bits per heavy atom. The Balaban J connectivity index is 1.63. The molecule has 2 aromatic carbocycles. The van der Waals surface area contributed by atoms with Gasteiger partial charge in [0.2, 0.25) is 5.91 Å². The van der Waals surface area contributed by atoms with Crippen molar-refractivity contribution in [2.24, 2.45) is 5.92 Å². The fourth-order valence-corrected chi connectivity index (χ4v) is 6.67. The summed E-state index contributed by atoms with van der Waals surface area (Å²) in [6, 6.07) is 12.2. The maximum atomic E-state index is 13.4. The van der Waals surface area contributed by atoms with Crippen LogP contribution in [0.2, 0.25) is 0 Å². The predicted molar refractivity (Wildman–Crippen MR) is 141 cm³/mol. The van der Waals surface area contributed by atoms with Gasteiger partial charge in [-0.2, -0.15) is 5.26 Å². The molecular formula is C26H28N4O4S2. The molecule has 2 N–H and O–H groups in total. The Labute approximate surface area is 215 Å². The van der Waals surface area contributed by atoms with Crippen molar-refractivity contribution in [2.75, 3.05) is 17.1 Å².